The number of rotatable bonds is 8. The topological polar surface area (TPSA) is 57.6 Å². The van der Waals surface area contributed by atoms with Crippen molar-refractivity contribution in [2.75, 3.05) is 6.54 Å². The molecule has 0 aliphatic rings. The molecule has 0 fully saturated rings. The van der Waals surface area contributed by atoms with Crippen molar-refractivity contribution >= 4 is 11.9 Å². The highest BCUT2D eigenvalue weighted by atomic mass is 16.4. The van der Waals surface area contributed by atoms with Crippen LogP contribution in [0.15, 0.2) is 0 Å². The van der Waals surface area contributed by atoms with E-state index in [1.54, 1.807) is 0 Å². The van der Waals surface area contributed by atoms with Crippen LogP contribution < -0.4 is 0 Å². The van der Waals surface area contributed by atoms with Gasteiger partial charge in [-0.05, 0) is 20.3 Å². The quantitative estimate of drug-likeness (QED) is 0.650. The number of carboxylic acids is 1. The second kappa shape index (κ2) is 8.13. The van der Waals surface area contributed by atoms with Crippen LogP contribution in [0.5, 0.6) is 0 Å². The van der Waals surface area contributed by atoms with E-state index in [1.807, 2.05) is 13.8 Å². The Bertz CT molecular complexity index is 226. The molecule has 0 unspecified atom stereocenters. The van der Waals surface area contributed by atoms with Crippen LogP contribution in [-0.2, 0) is 9.59 Å². The number of unbranched alkanes of at least 4 members (excludes halogenated alkanes) is 3. The van der Waals surface area contributed by atoms with E-state index >= 15 is 0 Å². The maximum atomic E-state index is 11.7. The van der Waals surface area contributed by atoms with Gasteiger partial charge in [-0.1, -0.05) is 26.2 Å². The summed E-state index contributed by atoms with van der Waals surface area (Å²) >= 11 is 0. The first-order chi connectivity index (χ1) is 7.49. The van der Waals surface area contributed by atoms with E-state index in [0.717, 1.165) is 25.7 Å². The van der Waals surface area contributed by atoms with Gasteiger partial charge >= 0.3 is 5.97 Å². The third-order valence-electron chi connectivity index (χ3n) is 2.49. The second-order valence-corrected chi connectivity index (χ2v) is 4.32. The summed E-state index contributed by atoms with van der Waals surface area (Å²) in [7, 11) is 0. The van der Waals surface area contributed by atoms with E-state index in [-0.39, 0.29) is 18.5 Å². The van der Waals surface area contributed by atoms with E-state index in [0.29, 0.717) is 6.42 Å². The Balaban J connectivity index is 4.02. The lowest BCUT2D eigenvalue weighted by molar-refractivity contribution is -0.145. The molecule has 0 aromatic carbocycles. The Morgan fingerprint density at radius 2 is 1.81 bits per heavy atom. The summed E-state index contributed by atoms with van der Waals surface area (Å²) < 4.78 is 0. The SMILES string of the molecule is CCCCCCC(=O)N(CC(=O)O)C(C)C. The van der Waals surface area contributed by atoms with Crippen molar-refractivity contribution in [1.82, 2.24) is 4.90 Å². The number of amides is 1. The molecule has 0 saturated heterocycles. The summed E-state index contributed by atoms with van der Waals surface area (Å²) in [5.41, 5.74) is 0. The largest absolute Gasteiger partial charge is 0.480 e. The number of hydrogen-bond donors (Lipinski definition) is 1. The zero-order chi connectivity index (χ0) is 12.6. The highest BCUT2D eigenvalue weighted by molar-refractivity contribution is 5.81. The Kier molecular flexibility index (Phi) is 7.60. The highest BCUT2D eigenvalue weighted by Crippen LogP contribution is 2.07. The van der Waals surface area contributed by atoms with Crippen molar-refractivity contribution in [2.45, 2.75) is 58.9 Å². The van der Waals surface area contributed by atoms with Gasteiger partial charge in [0.1, 0.15) is 6.54 Å². The molecule has 0 aromatic rings. The van der Waals surface area contributed by atoms with E-state index < -0.39 is 5.97 Å². The smallest absolute Gasteiger partial charge is 0.323 e. The molecular weight excluding hydrogens is 206 g/mol. The molecule has 0 spiro atoms. The molecule has 0 saturated carbocycles. The number of nitrogens with zero attached hydrogens (tertiary/aromatic N) is 1. The first-order valence-corrected chi connectivity index (χ1v) is 6.00. The first kappa shape index (κ1) is 14.9. The zero-order valence-electron chi connectivity index (χ0n) is 10.5. The zero-order valence-corrected chi connectivity index (χ0v) is 10.5. The van der Waals surface area contributed by atoms with Crippen LogP contribution in [0.1, 0.15) is 52.9 Å². The van der Waals surface area contributed by atoms with Gasteiger partial charge < -0.3 is 10.0 Å². The Labute approximate surface area is 97.6 Å². The third-order valence-corrected chi connectivity index (χ3v) is 2.49. The van der Waals surface area contributed by atoms with Crippen LogP contribution in [0.3, 0.4) is 0 Å². The number of carbonyl (C=O) groups is 2. The van der Waals surface area contributed by atoms with Crippen molar-refractivity contribution in [2.24, 2.45) is 0 Å². The van der Waals surface area contributed by atoms with Crippen LogP contribution >= 0.6 is 0 Å². The van der Waals surface area contributed by atoms with E-state index in [2.05, 4.69) is 6.92 Å². The summed E-state index contributed by atoms with van der Waals surface area (Å²) in [6, 6.07) is -0.0465. The predicted octanol–water partition coefficient (Wildman–Crippen LogP) is 2.28. The minimum absolute atomic E-state index is 0.0465. The summed E-state index contributed by atoms with van der Waals surface area (Å²) in [6.45, 7) is 5.61. The highest BCUT2D eigenvalue weighted by Gasteiger charge is 2.18. The summed E-state index contributed by atoms with van der Waals surface area (Å²) in [5.74, 6) is -0.996. The second-order valence-electron chi connectivity index (χ2n) is 4.32. The van der Waals surface area contributed by atoms with Gasteiger partial charge in [0, 0.05) is 12.5 Å². The minimum atomic E-state index is -0.949. The van der Waals surface area contributed by atoms with Crippen LogP contribution in [0, 0.1) is 0 Å². The Morgan fingerprint density at radius 3 is 2.25 bits per heavy atom. The van der Waals surface area contributed by atoms with E-state index in [4.69, 9.17) is 5.11 Å². The molecule has 4 nitrogen and oxygen atoms in total. The number of carboxylic acid groups (broad SMARTS) is 1. The van der Waals surface area contributed by atoms with Crippen LogP contribution in [0.25, 0.3) is 0 Å². The normalized spacial score (nSPS) is 10.5. The Hall–Kier alpha value is -1.06. The monoisotopic (exact) mass is 229 g/mol. The lowest BCUT2D eigenvalue weighted by Gasteiger charge is -2.24. The fourth-order valence-electron chi connectivity index (χ4n) is 1.55. The summed E-state index contributed by atoms with van der Waals surface area (Å²) in [5, 5.41) is 8.70. The van der Waals surface area contributed by atoms with Crippen LogP contribution in [0.4, 0.5) is 0 Å². The van der Waals surface area contributed by atoms with Gasteiger partial charge in [0.05, 0.1) is 0 Å². The van der Waals surface area contributed by atoms with Crippen molar-refractivity contribution in [3.63, 3.8) is 0 Å². The van der Waals surface area contributed by atoms with Crippen LogP contribution in [-0.4, -0.2) is 34.5 Å². The van der Waals surface area contributed by atoms with Gasteiger partial charge in [-0.15, -0.1) is 0 Å². The minimum Gasteiger partial charge on any atom is -0.480 e. The van der Waals surface area contributed by atoms with E-state index in [9.17, 15) is 9.59 Å². The average molecular weight is 229 g/mol. The lowest BCUT2D eigenvalue weighted by atomic mass is 10.1. The van der Waals surface area contributed by atoms with Gasteiger partial charge in [-0.2, -0.15) is 0 Å². The fourth-order valence-corrected chi connectivity index (χ4v) is 1.55. The molecule has 0 aliphatic heterocycles. The van der Waals surface area contributed by atoms with Gasteiger partial charge in [0.25, 0.3) is 0 Å². The molecule has 0 aromatic heterocycles. The molecule has 0 heterocycles. The molecule has 0 rings (SSSR count). The third kappa shape index (κ3) is 6.43. The molecule has 1 amide bonds. The predicted molar refractivity (Wildman–Crippen MR) is 63.2 cm³/mol. The van der Waals surface area contributed by atoms with Gasteiger partial charge in [0.2, 0.25) is 5.91 Å². The van der Waals surface area contributed by atoms with E-state index in [1.165, 1.54) is 4.90 Å². The van der Waals surface area contributed by atoms with Gasteiger partial charge in [-0.25, -0.2) is 0 Å². The van der Waals surface area contributed by atoms with Gasteiger partial charge in [-0.3, -0.25) is 9.59 Å². The number of carbonyl (C=O) groups excluding carboxylic acids is 1. The summed E-state index contributed by atoms with van der Waals surface area (Å²) in [4.78, 5) is 23.8. The molecule has 0 atom stereocenters. The van der Waals surface area contributed by atoms with Gasteiger partial charge in [0.15, 0.2) is 0 Å². The number of aliphatic carboxylic acids is 1. The van der Waals surface area contributed by atoms with Crippen molar-refractivity contribution in [3.05, 3.63) is 0 Å². The molecular formula is C12H23NO3. The van der Waals surface area contributed by atoms with Crippen molar-refractivity contribution in [3.8, 4) is 0 Å². The molecule has 94 valence electrons. The molecule has 0 bridgehead atoms. The average Bonchev–Trinajstić information content (AvgIpc) is 2.20. The molecule has 16 heavy (non-hydrogen) atoms. The van der Waals surface area contributed by atoms with Crippen LogP contribution in [0.2, 0.25) is 0 Å². The maximum absolute atomic E-state index is 11.7. The maximum Gasteiger partial charge on any atom is 0.323 e. The molecule has 0 aliphatic carbocycles. The van der Waals surface area contributed by atoms with Crippen molar-refractivity contribution in [1.29, 1.82) is 0 Å². The molecule has 0 radical (unpaired) electrons. The fraction of sp³-hybridized carbons (Fsp3) is 0.833. The lowest BCUT2D eigenvalue weighted by Crippen LogP contribution is -2.40. The summed E-state index contributed by atoms with van der Waals surface area (Å²) in [6.07, 6.45) is 4.63. The molecule has 1 N–H and O–H groups in total. The number of hydrogen-bond acceptors (Lipinski definition) is 2. The molecule has 4 heteroatoms. The first-order valence-electron chi connectivity index (χ1n) is 6.00. The van der Waals surface area contributed by atoms with Crippen molar-refractivity contribution < 1.29 is 14.7 Å². The standard InChI is InChI=1S/C12H23NO3/c1-4-5-6-7-8-11(14)13(10(2)3)9-12(15)16/h10H,4-9H2,1-3H3,(H,15,16). The Morgan fingerprint density at radius 1 is 1.19 bits per heavy atom.